The summed E-state index contributed by atoms with van der Waals surface area (Å²) in [6.45, 7) is 4.05. The standard InChI is InChI=1S/C13H16ClIN2O/c1-8-7-16-5-4-12(8)17-13(18)10-3-2-9(15)6-11(10)14/h2-3,6,8,12,16H,4-5,7H2,1H3,(H,17,18). The minimum Gasteiger partial charge on any atom is -0.349 e. The van der Waals surface area contributed by atoms with Crippen molar-refractivity contribution in [3.63, 3.8) is 0 Å². The SMILES string of the molecule is CC1CNCCC1NC(=O)c1ccc(I)cc1Cl. The van der Waals surface area contributed by atoms with E-state index in [-0.39, 0.29) is 11.9 Å². The van der Waals surface area contributed by atoms with Crippen molar-refractivity contribution >= 4 is 40.1 Å². The molecule has 1 saturated heterocycles. The van der Waals surface area contributed by atoms with Crippen molar-refractivity contribution in [1.29, 1.82) is 0 Å². The fourth-order valence-corrected chi connectivity index (χ4v) is 3.09. The Morgan fingerprint density at radius 3 is 3.00 bits per heavy atom. The first-order chi connectivity index (χ1) is 8.58. The third-order valence-electron chi connectivity index (χ3n) is 3.28. The zero-order valence-corrected chi connectivity index (χ0v) is 13.1. The Morgan fingerprint density at radius 1 is 1.56 bits per heavy atom. The second-order valence-electron chi connectivity index (χ2n) is 4.67. The molecule has 0 bridgehead atoms. The summed E-state index contributed by atoms with van der Waals surface area (Å²) >= 11 is 8.28. The Bertz CT molecular complexity index is 453. The molecule has 1 amide bonds. The van der Waals surface area contributed by atoms with Crippen molar-refractivity contribution in [3.05, 3.63) is 32.4 Å². The van der Waals surface area contributed by atoms with E-state index in [1.807, 2.05) is 12.1 Å². The number of amides is 1. The normalized spacial score (nSPS) is 23.7. The fraction of sp³-hybridized carbons (Fsp3) is 0.462. The number of hydrogen-bond donors (Lipinski definition) is 2. The zero-order chi connectivity index (χ0) is 13.1. The first-order valence-corrected chi connectivity index (χ1v) is 7.50. The minimum absolute atomic E-state index is 0.0739. The fourth-order valence-electron chi connectivity index (χ4n) is 2.15. The average molecular weight is 379 g/mol. The predicted octanol–water partition coefficient (Wildman–Crippen LogP) is 2.67. The summed E-state index contributed by atoms with van der Waals surface area (Å²) in [5.74, 6) is 0.375. The molecule has 1 aliphatic rings. The quantitative estimate of drug-likeness (QED) is 0.777. The number of benzene rings is 1. The largest absolute Gasteiger partial charge is 0.349 e. The second-order valence-corrected chi connectivity index (χ2v) is 6.33. The number of carbonyl (C=O) groups is 1. The molecule has 0 radical (unpaired) electrons. The molecule has 1 heterocycles. The van der Waals surface area contributed by atoms with Crippen molar-refractivity contribution in [2.75, 3.05) is 13.1 Å². The molecule has 0 spiro atoms. The summed E-state index contributed by atoms with van der Waals surface area (Å²) in [6, 6.07) is 5.72. The van der Waals surface area contributed by atoms with Crippen molar-refractivity contribution < 1.29 is 4.79 Å². The van der Waals surface area contributed by atoms with E-state index in [9.17, 15) is 4.79 Å². The first kappa shape index (κ1) is 14.1. The molecular weight excluding hydrogens is 363 g/mol. The molecule has 0 saturated carbocycles. The summed E-state index contributed by atoms with van der Waals surface area (Å²) < 4.78 is 1.03. The second kappa shape index (κ2) is 6.21. The van der Waals surface area contributed by atoms with Gasteiger partial charge in [-0.3, -0.25) is 4.79 Å². The Hall–Kier alpha value is -0.330. The monoisotopic (exact) mass is 378 g/mol. The van der Waals surface area contributed by atoms with Gasteiger partial charge in [0.05, 0.1) is 10.6 Å². The topological polar surface area (TPSA) is 41.1 Å². The van der Waals surface area contributed by atoms with Gasteiger partial charge in [0, 0.05) is 9.61 Å². The molecule has 1 aromatic carbocycles. The molecule has 18 heavy (non-hydrogen) atoms. The van der Waals surface area contributed by atoms with Crippen LogP contribution in [0.15, 0.2) is 18.2 Å². The maximum Gasteiger partial charge on any atom is 0.253 e. The van der Waals surface area contributed by atoms with Crippen LogP contribution >= 0.6 is 34.2 Å². The molecule has 98 valence electrons. The van der Waals surface area contributed by atoms with E-state index in [1.165, 1.54) is 0 Å². The Labute approximate surface area is 126 Å². The number of rotatable bonds is 2. The van der Waals surface area contributed by atoms with Gasteiger partial charge < -0.3 is 10.6 Å². The van der Waals surface area contributed by atoms with Crippen LogP contribution in [-0.4, -0.2) is 25.0 Å². The maximum atomic E-state index is 12.2. The minimum atomic E-state index is -0.0739. The lowest BCUT2D eigenvalue weighted by Gasteiger charge is -2.30. The zero-order valence-electron chi connectivity index (χ0n) is 10.2. The Kier molecular flexibility index (Phi) is 4.86. The van der Waals surface area contributed by atoms with E-state index in [4.69, 9.17) is 11.6 Å². The average Bonchev–Trinajstić information content (AvgIpc) is 2.32. The summed E-state index contributed by atoms with van der Waals surface area (Å²) in [4.78, 5) is 12.2. The molecule has 2 N–H and O–H groups in total. The highest BCUT2D eigenvalue weighted by atomic mass is 127. The van der Waals surface area contributed by atoms with Crippen LogP contribution in [-0.2, 0) is 0 Å². The van der Waals surface area contributed by atoms with Crippen LogP contribution < -0.4 is 10.6 Å². The highest BCUT2D eigenvalue weighted by molar-refractivity contribution is 14.1. The highest BCUT2D eigenvalue weighted by Gasteiger charge is 2.23. The van der Waals surface area contributed by atoms with Gasteiger partial charge in [-0.2, -0.15) is 0 Å². The first-order valence-electron chi connectivity index (χ1n) is 6.04. The maximum absolute atomic E-state index is 12.2. The molecule has 3 nitrogen and oxygen atoms in total. The number of carbonyl (C=O) groups excluding carboxylic acids is 1. The third-order valence-corrected chi connectivity index (χ3v) is 4.26. The van der Waals surface area contributed by atoms with E-state index >= 15 is 0 Å². The van der Waals surface area contributed by atoms with Crippen molar-refractivity contribution in [1.82, 2.24) is 10.6 Å². The van der Waals surface area contributed by atoms with Crippen molar-refractivity contribution in [3.8, 4) is 0 Å². The van der Waals surface area contributed by atoms with Gasteiger partial charge in [-0.1, -0.05) is 18.5 Å². The number of nitrogens with one attached hydrogen (secondary N) is 2. The van der Waals surface area contributed by atoms with E-state index < -0.39 is 0 Å². The van der Waals surface area contributed by atoms with Gasteiger partial charge in [0.25, 0.3) is 5.91 Å². The van der Waals surface area contributed by atoms with Crippen LogP contribution in [0.2, 0.25) is 5.02 Å². The van der Waals surface area contributed by atoms with Gasteiger partial charge in [-0.15, -0.1) is 0 Å². The third kappa shape index (κ3) is 3.36. The van der Waals surface area contributed by atoms with E-state index in [0.29, 0.717) is 16.5 Å². The molecule has 0 aromatic heterocycles. The van der Waals surface area contributed by atoms with Gasteiger partial charge in [-0.05, 0) is 66.2 Å². The smallest absolute Gasteiger partial charge is 0.253 e. The molecule has 2 rings (SSSR count). The number of halogens is 2. The lowest BCUT2D eigenvalue weighted by molar-refractivity contribution is 0.0914. The van der Waals surface area contributed by atoms with Crippen molar-refractivity contribution in [2.45, 2.75) is 19.4 Å². The highest BCUT2D eigenvalue weighted by Crippen LogP contribution is 2.20. The predicted molar refractivity (Wildman–Crippen MR) is 82.1 cm³/mol. The summed E-state index contributed by atoms with van der Waals surface area (Å²) in [5.41, 5.74) is 0.558. The molecule has 5 heteroatoms. The van der Waals surface area contributed by atoms with Gasteiger partial charge in [-0.25, -0.2) is 0 Å². The molecule has 2 atom stereocenters. The lowest BCUT2D eigenvalue weighted by atomic mass is 9.95. The summed E-state index contributed by atoms with van der Waals surface area (Å²) in [5, 5.41) is 6.91. The summed E-state index contributed by atoms with van der Waals surface area (Å²) in [6.07, 6.45) is 0.967. The van der Waals surface area contributed by atoms with Gasteiger partial charge in [0.2, 0.25) is 0 Å². The van der Waals surface area contributed by atoms with E-state index in [1.54, 1.807) is 6.07 Å². The van der Waals surface area contributed by atoms with E-state index in [0.717, 1.165) is 23.1 Å². The molecule has 2 unspecified atom stereocenters. The molecular formula is C13H16ClIN2O. The molecule has 1 fully saturated rings. The van der Waals surface area contributed by atoms with Crippen LogP contribution in [0, 0.1) is 9.49 Å². The lowest BCUT2D eigenvalue weighted by Crippen LogP contribution is -2.48. The number of hydrogen-bond acceptors (Lipinski definition) is 2. The van der Waals surface area contributed by atoms with Crippen LogP contribution in [0.3, 0.4) is 0 Å². The van der Waals surface area contributed by atoms with E-state index in [2.05, 4.69) is 40.1 Å². The molecule has 1 aromatic rings. The van der Waals surface area contributed by atoms with Crippen LogP contribution in [0.25, 0.3) is 0 Å². The molecule has 0 aliphatic carbocycles. The molecule has 1 aliphatic heterocycles. The van der Waals surface area contributed by atoms with Gasteiger partial charge >= 0.3 is 0 Å². The Balaban J connectivity index is 2.07. The number of piperidine rings is 1. The summed E-state index contributed by atoms with van der Waals surface area (Å²) in [7, 11) is 0. The van der Waals surface area contributed by atoms with Crippen LogP contribution in [0.5, 0.6) is 0 Å². The van der Waals surface area contributed by atoms with Gasteiger partial charge in [0.15, 0.2) is 0 Å². The van der Waals surface area contributed by atoms with Crippen molar-refractivity contribution in [2.24, 2.45) is 5.92 Å². The van der Waals surface area contributed by atoms with Crippen LogP contribution in [0.1, 0.15) is 23.7 Å². The van der Waals surface area contributed by atoms with Crippen LogP contribution in [0.4, 0.5) is 0 Å². The Morgan fingerprint density at radius 2 is 2.33 bits per heavy atom. The van der Waals surface area contributed by atoms with Gasteiger partial charge in [0.1, 0.15) is 0 Å².